The number of rotatable bonds is 0. The first-order valence-corrected chi connectivity index (χ1v) is 5.15. The second-order valence-corrected chi connectivity index (χ2v) is 4.19. The monoisotopic (exact) mass is 164 g/mol. The van der Waals surface area contributed by atoms with Crippen LogP contribution in [0.15, 0.2) is 36.5 Å². The number of fused-ring (bicyclic) bond motifs is 1. The quantitative estimate of drug-likeness (QED) is 0.496. The van der Waals surface area contributed by atoms with Crippen molar-refractivity contribution in [2.75, 3.05) is 5.75 Å². The van der Waals surface area contributed by atoms with Gasteiger partial charge < -0.3 is 0 Å². The van der Waals surface area contributed by atoms with Crippen LogP contribution in [0.4, 0.5) is 0 Å². The molecule has 1 heteroatoms. The topological polar surface area (TPSA) is 0 Å². The standard InChI is InChI=1S/C10H12S/c1-2-7-10-9(5-1)6-3-4-8-11-10/h1-3,5-7,9-10H,4,8H2. The van der Waals surface area contributed by atoms with Crippen molar-refractivity contribution in [3.8, 4) is 0 Å². The van der Waals surface area contributed by atoms with E-state index in [-0.39, 0.29) is 0 Å². The van der Waals surface area contributed by atoms with Gasteiger partial charge in [0, 0.05) is 11.2 Å². The van der Waals surface area contributed by atoms with Crippen LogP contribution in [0.1, 0.15) is 6.42 Å². The lowest BCUT2D eigenvalue weighted by Gasteiger charge is -2.18. The van der Waals surface area contributed by atoms with Crippen LogP contribution in [0.2, 0.25) is 0 Å². The summed E-state index contributed by atoms with van der Waals surface area (Å²) in [6, 6.07) is 0. The Morgan fingerprint density at radius 2 is 2.00 bits per heavy atom. The number of hydrogen-bond donors (Lipinski definition) is 0. The lowest BCUT2D eigenvalue weighted by molar-refractivity contribution is 0.843. The molecule has 2 atom stereocenters. The molecule has 0 spiro atoms. The minimum absolute atomic E-state index is 0.660. The van der Waals surface area contributed by atoms with E-state index in [0.717, 1.165) is 0 Å². The van der Waals surface area contributed by atoms with Gasteiger partial charge in [-0.15, -0.1) is 0 Å². The zero-order valence-electron chi connectivity index (χ0n) is 6.44. The van der Waals surface area contributed by atoms with E-state index in [1.54, 1.807) is 0 Å². The summed E-state index contributed by atoms with van der Waals surface area (Å²) in [6.07, 6.45) is 14.8. The van der Waals surface area contributed by atoms with Crippen molar-refractivity contribution in [3.63, 3.8) is 0 Å². The van der Waals surface area contributed by atoms with Gasteiger partial charge in [-0.3, -0.25) is 0 Å². The normalized spacial score (nSPS) is 34.9. The lowest BCUT2D eigenvalue weighted by atomic mass is 10.00. The molecule has 0 saturated carbocycles. The molecule has 1 aliphatic carbocycles. The van der Waals surface area contributed by atoms with E-state index in [4.69, 9.17) is 0 Å². The summed E-state index contributed by atoms with van der Waals surface area (Å²) in [5, 5.41) is 0.707. The van der Waals surface area contributed by atoms with Gasteiger partial charge >= 0.3 is 0 Å². The summed E-state index contributed by atoms with van der Waals surface area (Å²) in [5.74, 6) is 1.93. The fraction of sp³-hybridized carbons (Fsp3) is 0.400. The minimum Gasteiger partial charge on any atom is -0.153 e. The summed E-state index contributed by atoms with van der Waals surface area (Å²) in [5.41, 5.74) is 0. The molecule has 0 fully saturated rings. The summed E-state index contributed by atoms with van der Waals surface area (Å²) in [4.78, 5) is 0. The third kappa shape index (κ3) is 1.59. The molecule has 0 bridgehead atoms. The van der Waals surface area contributed by atoms with Crippen LogP contribution in [0.5, 0.6) is 0 Å². The molecule has 0 saturated heterocycles. The second-order valence-electron chi connectivity index (χ2n) is 2.90. The summed E-state index contributed by atoms with van der Waals surface area (Å²) in [6.45, 7) is 0. The first-order valence-electron chi connectivity index (χ1n) is 4.10. The molecular formula is C10H12S. The van der Waals surface area contributed by atoms with Gasteiger partial charge in [0.1, 0.15) is 0 Å². The number of allylic oxidation sites excluding steroid dienone is 5. The Labute approximate surface area is 72.1 Å². The van der Waals surface area contributed by atoms with Crippen LogP contribution in [-0.4, -0.2) is 11.0 Å². The predicted molar refractivity (Wildman–Crippen MR) is 51.8 cm³/mol. The highest BCUT2D eigenvalue weighted by molar-refractivity contribution is 8.00. The first-order chi connectivity index (χ1) is 5.47. The maximum Gasteiger partial charge on any atom is 0.0327 e. The largest absolute Gasteiger partial charge is 0.153 e. The summed E-state index contributed by atoms with van der Waals surface area (Å²) in [7, 11) is 0. The highest BCUT2D eigenvalue weighted by atomic mass is 32.2. The Bertz CT molecular complexity index is 213. The Kier molecular flexibility index (Phi) is 2.18. The Morgan fingerprint density at radius 3 is 3.00 bits per heavy atom. The van der Waals surface area contributed by atoms with E-state index >= 15 is 0 Å². The smallest absolute Gasteiger partial charge is 0.0327 e. The Hall–Kier alpha value is -0.430. The van der Waals surface area contributed by atoms with E-state index in [1.165, 1.54) is 12.2 Å². The maximum atomic E-state index is 2.34. The van der Waals surface area contributed by atoms with Crippen LogP contribution in [-0.2, 0) is 0 Å². The molecule has 0 aromatic heterocycles. The number of hydrogen-bond acceptors (Lipinski definition) is 1. The molecule has 0 nitrogen and oxygen atoms in total. The van der Waals surface area contributed by atoms with Crippen LogP contribution < -0.4 is 0 Å². The van der Waals surface area contributed by atoms with Crippen molar-refractivity contribution in [3.05, 3.63) is 36.5 Å². The van der Waals surface area contributed by atoms with Gasteiger partial charge in [0.2, 0.25) is 0 Å². The third-order valence-electron chi connectivity index (χ3n) is 2.08. The SMILES string of the molecule is C1=CC2C=CCCSC2C=C1. The van der Waals surface area contributed by atoms with Crippen molar-refractivity contribution in [1.82, 2.24) is 0 Å². The van der Waals surface area contributed by atoms with Crippen molar-refractivity contribution < 1.29 is 0 Å². The van der Waals surface area contributed by atoms with E-state index in [2.05, 4.69) is 48.2 Å². The molecule has 0 aromatic carbocycles. The van der Waals surface area contributed by atoms with Crippen LogP contribution in [0, 0.1) is 5.92 Å². The molecule has 2 unspecified atom stereocenters. The summed E-state index contributed by atoms with van der Waals surface area (Å²) >= 11 is 2.07. The Morgan fingerprint density at radius 1 is 1.09 bits per heavy atom. The van der Waals surface area contributed by atoms with Crippen LogP contribution >= 0.6 is 11.8 Å². The zero-order chi connectivity index (χ0) is 7.52. The molecule has 0 N–H and O–H groups in total. The fourth-order valence-electron chi connectivity index (χ4n) is 1.47. The van der Waals surface area contributed by atoms with Gasteiger partial charge in [0.25, 0.3) is 0 Å². The van der Waals surface area contributed by atoms with Crippen molar-refractivity contribution in [2.24, 2.45) is 5.92 Å². The van der Waals surface area contributed by atoms with Gasteiger partial charge in [-0.1, -0.05) is 36.5 Å². The highest BCUT2D eigenvalue weighted by Gasteiger charge is 2.17. The molecule has 1 aliphatic heterocycles. The molecule has 0 aromatic rings. The molecule has 1 heterocycles. The van der Waals surface area contributed by atoms with Gasteiger partial charge in [0.05, 0.1) is 0 Å². The minimum atomic E-state index is 0.660. The summed E-state index contributed by atoms with van der Waals surface area (Å²) < 4.78 is 0. The van der Waals surface area contributed by atoms with Crippen molar-refractivity contribution in [1.29, 1.82) is 0 Å². The van der Waals surface area contributed by atoms with Crippen LogP contribution in [0.3, 0.4) is 0 Å². The van der Waals surface area contributed by atoms with Gasteiger partial charge in [-0.05, 0) is 12.2 Å². The maximum absolute atomic E-state index is 2.34. The number of thioether (sulfide) groups is 1. The molecule has 11 heavy (non-hydrogen) atoms. The van der Waals surface area contributed by atoms with Crippen LogP contribution in [0.25, 0.3) is 0 Å². The van der Waals surface area contributed by atoms with Gasteiger partial charge in [-0.2, -0.15) is 11.8 Å². The molecular weight excluding hydrogens is 152 g/mol. The third-order valence-corrected chi connectivity index (χ3v) is 3.41. The molecule has 2 aliphatic rings. The molecule has 0 amide bonds. The average molecular weight is 164 g/mol. The van der Waals surface area contributed by atoms with Gasteiger partial charge in [-0.25, -0.2) is 0 Å². The van der Waals surface area contributed by atoms with Gasteiger partial charge in [0.15, 0.2) is 0 Å². The van der Waals surface area contributed by atoms with E-state index in [9.17, 15) is 0 Å². The molecule has 0 radical (unpaired) electrons. The van der Waals surface area contributed by atoms with Crippen molar-refractivity contribution >= 4 is 11.8 Å². The fourth-order valence-corrected chi connectivity index (χ4v) is 2.62. The average Bonchev–Trinajstić information content (AvgIpc) is 2.28. The first kappa shape index (κ1) is 7.23. The van der Waals surface area contributed by atoms with E-state index in [1.807, 2.05) is 0 Å². The Balaban J connectivity index is 2.16. The molecule has 58 valence electrons. The molecule has 2 rings (SSSR count). The zero-order valence-corrected chi connectivity index (χ0v) is 7.26. The van der Waals surface area contributed by atoms with Crippen molar-refractivity contribution in [2.45, 2.75) is 11.7 Å². The van der Waals surface area contributed by atoms with E-state index < -0.39 is 0 Å². The second kappa shape index (κ2) is 3.31. The highest BCUT2D eigenvalue weighted by Crippen LogP contribution is 2.29. The predicted octanol–water partition coefficient (Wildman–Crippen LogP) is 2.79. The lowest BCUT2D eigenvalue weighted by Crippen LogP contribution is -2.11. The van der Waals surface area contributed by atoms with E-state index in [0.29, 0.717) is 11.2 Å².